The maximum Gasteiger partial charge on any atom is 0.232 e. The van der Waals surface area contributed by atoms with Gasteiger partial charge in [-0.05, 0) is 32.2 Å². The average Bonchev–Trinajstić information content (AvgIpc) is 3.23. The first kappa shape index (κ1) is 11.0. The number of hydrogen-bond donors (Lipinski definition) is 1. The zero-order chi connectivity index (χ0) is 11.5. The van der Waals surface area contributed by atoms with Crippen molar-refractivity contribution < 1.29 is 4.74 Å². The van der Waals surface area contributed by atoms with Crippen molar-refractivity contribution in [3.63, 3.8) is 0 Å². The van der Waals surface area contributed by atoms with Gasteiger partial charge < -0.3 is 10.1 Å². The second-order valence-electron chi connectivity index (χ2n) is 5.08. The van der Waals surface area contributed by atoms with Gasteiger partial charge in [0.2, 0.25) is 5.88 Å². The van der Waals surface area contributed by atoms with Crippen LogP contribution in [0, 0.1) is 5.92 Å². The van der Waals surface area contributed by atoms with Gasteiger partial charge in [0.15, 0.2) is 0 Å². The number of ether oxygens (including phenoxy) is 1. The Morgan fingerprint density at radius 2 is 2.18 bits per heavy atom. The van der Waals surface area contributed by atoms with Crippen LogP contribution in [0.5, 0.6) is 5.88 Å². The fourth-order valence-electron chi connectivity index (χ4n) is 2.26. The Bertz CT molecular complexity index is 355. The summed E-state index contributed by atoms with van der Waals surface area (Å²) in [6.07, 6.45) is 8.67. The second-order valence-corrected chi connectivity index (χ2v) is 5.08. The molecule has 0 spiro atoms. The van der Waals surface area contributed by atoms with E-state index in [1.165, 1.54) is 25.7 Å². The van der Waals surface area contributed by atoms with Gasteiger partial charge in [-0.3, -0.25) is 4.98 Å². The molecule has 2 aliphatic rings. The normalized spacial score (nSPS) is 24.6. The Hall–Kier alpha value is -1.16. The highest BCUT2D eigenvalue weighted by molar-refractivity contribution is 5.14. The molecule has 2 fully saturated rings. The molecule has 0 radical (unpaired) electrons. The zero-order valence-electron chi connectivity index (χ0n) is 10.1. The monoisotopic (exact) mass is 233 g/mol. The van der Waals surface area contributed by atoms with Crippen molar-refractivity contribution in [2.45, 2.75) is 31.6 Å². The van der Waals surface area contributed by atoms with E-state index >= 15 is 0 Å². The van der Waals surface area contributed by atoms with Gasteiger partial charge in [0.1, 0.15) is 0 Å². The number of nitrogens with one attached hydrogen (secondary N) is 1. The molecule has 1 aromatic rings. The number of rotatable bonds is 4. The summed E-state index contributed by atoms with van der Waals surface area (Å²) in [6.45, 7) is 2.96. The minimum Gasteiger partial charge on any atom is -0.476 e. The van der Waals surface area contributed by atoms with Crippen molar-refractivity contribution in [1.29, 1.82) is 0 Å². The molecule has 1 atom stereocenters. The molecule has 92 valence electrons. The maximum absolute atomic E-state index is 5.69. The van der Waals surface area contributed by atoms with Gasteiger partial charge in [-0.25, -0.2) is 4.98 Å². The topological polar surface area (TPSA) is 47.0 Å². The third kappa shape index (κ3) is 2.94. The van der Waals surface area contributed by atoms with E-state index in [1.54, 1.807) is 6.20 Å². The molecule has 3 rings (SSSR count). The molecule has 0 aromatic carbocycles. The minimum absolute atomic E-state index is 0.619. The summed E-state index contributed by atoms with van der Waals surface area (Å²) in [6, 6.07) is 0. The van der Waals surface area contributed by atoms with E-state index in [0.717, 1.165) is 25.4 Å². The summed E-state index contributed by atoms with van der Waals surface area (Å²) >= 11 is 0. The number of piperidine rings is 1. The van der Waals surface area contributed by atoms with E-state index in [-0.39, 0.29) is 0 Å². The molecule has 0 bridgehead atoms. The van der Waals surface area contributed by atoms with Gasteiger partial charge in [-0.2, -0.15) is 0 Å². The Balaban J connectivity index is 1.50. The van der Waals surface area contributed by atoms with E-state index in [9.17, 15) is 0 Å². The molecular weight excluding hydrogens is 214 g/mol. The van der Waals surface area contributed by atoms with Gasteiger partial charge in [0.05, 0.1) is 24.7 Å². The van der Waals surface area contributed by atoms with E-state index in [4.69, 9.17) is 4.74 Å². The van der Waals surface area contributed by atoms with Crippen molar-refractivity contribution >= 4 is 0 Å². The molecule has 1 aliphatic carbocycles. The van der Waals surface area contributed by atoms with Crippen LogP contribution in [0.25, 0.3) is 0 Å². The fourth-order valence-corrected chi connectivity index (χ4v) is 2.26. The first-order chi connectivity index (χ1) is 8.42. The van der Waals surface area contributed by atoms with Crippen LogP contribution in [0.4, 0.5) is 0 Å². The lowest BCUT2D eigenvalue weighted by molar-refractivity contribution is 0.211. The third-order valence-electron chi connectivity index (χ3n) is 3.51. The fraction of sp³-hybridized carbons (Fsp3) is 0.692. The average molecular weight is 233 g/mol. The highest BCUT2D eigenvalue weighted by Crippen LogP contribution is 2.38. The summed E-state index contributed by atoms with van der Waals surface area (Å²) < 4.78 is 5.69. The minimum atomic E-state index is 0.619. The first-order valence-electron chi connectivity index (χ1n) is 6.57. The summed E-state index contributed by atoms with van der Waals surface area (Å²) in [5.74, 6) is 1.95. The Kier molecular flexibility index (Phi) is 3.22. The SMILES string of the molecule is c1nc(C2CC2)cnc1OCC1CCCNC1. The van der Waals surface area contributed by atoms with E-state index in [1.807, 2.05) is 6.20 Å². The quantitative estimate of drug-likeness (QED) is 0.860. The van der Waals surface area contributed by atoms with E-state index < -0.39 is 0 Å². The smallest absolute Gasteiger partial charge is 0.232 e. The van der Waals surface area contributed by atoms with Crippen LogP contribution in [0.1, 0.15) is 37.3 Å². The Morgan fingerprint density at radius 3 is 2.82 bits per heavy atom. The van der Waals surface area contributed by atoms with Crippen LogP contribution in [0.2, 0.25) is 0 Å². The lowest BCUT2D eigenvalue weighted by Gasteiger charge is -2.22. The Morgan fingerprint density at radius 1 is 1.24 bits per heavy atom. The van der Waals surface area contributed by atoms with Crippen LogP contribution >= 0.6 is 0 Å². The van der Waals surface area contributed by atoms with Gasteiger partial charge in [0, 0.05) is 18.4 Å². The number of nitrogens with zero attached hydrogens (tertiary/aromatic N) is 2. The van der Waals surface area contributed by atoms with Crippen molar-refractivity contribution in [3.05, 3.63) is 18.1 Å². The summed E-state index contributed by atoms with van der Waals surface area (Å²) in [5.41, 5.74) is 1.12. The highest BCUT2D eigenvalue weighted by Gasteiger charge is 2.25. The van der Waals surface area contributed by atoms with E-state index in [2.05, 4.69) is 15.3 Å². The third-order valence-corrected chi connectivity index (χ3v) is 3.51. The number of aromatic nitrogens is 2. The number of hydrogen-bond acceptors (Lipinski definition) is 4. The second kappa shape index (κ2) is 5.00. The van der Waals surface area contributed by atoms with Gasteiger partial charge in [-0.1, -0.05) is 0 Å². The predicted molar refractivity (Wildman–Crippen MR) is 65.1 cm³/mol. The van der Waals surface area contributed by atoms with Gasteiger partial charge >= 0.3 is 0 Å². The summed E-state index contributed by atoms with van der Waals surface area (Å²) in [7, 11) is 0. The Labute approximate surface area is 102 Å². The molecule has 1 saturated carbocycles. The van der Waals surface area contributed by atoms with Crippen LogP contribution < -0.4 is 10.1 Å². The molecule has 1 aromatic heterocycles. The van der Waals surface area contributed by atoms with Crippen molar-refractivity contribution in [2.24, 2.45) is 5.92 Å². The molecule has 1 unspecified atom stereocenters. The van der Waals surface area contributed by atoms with Gasteiger partial charge in [0.25, 0.3) is 0 Å². The lowest BCUT2D eigenvalue weighted by Crippen LogP contribution is -2.33. The molecule has 4 heteroatoms. The van der Waals surface area contributed by atoms with Crippen LogP contribution in [0.3, 0.4) is 0 Å². The largest absolute Gasteiger partial charge is 0.476 e. The van der Waals surface area contributed by atoms with Gasteiger partial charge in [-0.15, -0.1) is 0 Å². The molecule has 4 nitrogen and oxygen atoms in total. The molecule has 1 saturated heterocycles. The van der Waals surface area contributed by atoms with Crippen molar-refractivity contribution in [1.82, 2.24) is 15.3 Å². The first-order valence-corrected chi connectivity index (χ1v) is 6.57. The molecule has 0 amide bonds. The van der Waals surface area contributed by atoms with Crippen LogP contribution in [-0.2, 0) is 0 Å². The highest BCUT2D eigenvalue weighted by atomic mass is 16.5. The van der Waals surface area contributed by atoms with Crippen molar-refractivity contribution in [2.75, 3.05) is 19.7 Å². The van der Waals surface area contributed by atoms with Crippen molar-refractivity contribution in [3.8, 4) is 5.88 Å². The maximum atomic E-state index is 5.69. The molecule has 1 N–H and O–H groups in total. The molecule has 17 heavy (non-hydrogen) atoms. The predicted octanol–water partition coefficient (Wildman–Crippen LogP) is 1.73. The summed E-state index contributed by atoms with van der Waals surface area (Å²) in [4.78, 5) is 8.72. The lowest BCUT2D eigenvalue weighted by atomic mass is 10.0. The van der Waals surface area contributed by atoms with Crippen LogP contribution in [-0.4, -0.2) is 29.7 Å². The standard InChI is InChI=1S/C13H19N3O/c1-2-10(6-14-5-1)9-17-13-8-15-12(7-16-13)11-3-4-11/h7-8,10-11,14H,1-6,9H2. The molecule has 1 aliphatic heterocycles. The van der Waals surface area contributed by atoms with Crippen LogP contribution in [0.15, 0.2) is 12.4 Å². The molecular formula is C13H19N3O. The zero-order valence-corrected chi connectivity index (χ0v) is 10.1. The summed E-state index contributed by atoms with van der Waals surface area (Å²) in [5, 5.41) is 3.39. The van der Waals surface area contributed by atoms with E-state index in [0.29, 0.717) is 17.7 Å². The molecule has 2 heterocycles.